The number of unbranched alkanes of at least 4 members (excludes halogenated alkanes) is 11. The number of carbonyl (C=O) groups excluding carboxylic acids is 1. The lowest BCUT2D eigenvalue weighted by Gasteiger charge is -2.07. The first-order chi connectivity index (χ1) is 12.1. The van der Waals surface area contributed by atoms with Gasteiger partial charge in [0.25, 0.3) is 0 Å². The van der Waals surface area contributed by atoms with Crippen molar-refractivity contribution in [1.29, 1.82) is 0 Å². The van der Waals surface area contributed by atoms with E-state index in [0.717, 1.165) is 19.3 Å². The third-order valence-electron chi connectivity index (χ3n) is 4.69. The highest BCUT2D eigenvalue weighted by Gasteiger charge is 2.16. The van der Waals surface area contributed by atoms with E-state index < -0.39 is 17.2 Å². The average Bonchev–Trinajstić information content (AvgIpc) is 2.60. The molecule has 0 saturated heterocycles. The maximum Gasteiger partial charge on any atom is 0.201 e. The van der Waals surface area contributed by atoms with Gasteiger partial charge in [0.2, 0.25) is 5.75 Å². The second kappa shape index (κ2) is 12.6. The van der Waals surface area contributed by atoms with E-state index in [4.69, 9.17) is 0 Å². The molecule has 0 atom stereocenters. The van der Waals surface area contributed by atoms with E-state index >= 15 is 0 Å². The minimum atomic E-state index is -0.624. The molecule has 0 radical (unpaired) electrons. The summed E-state index contributed by atoms with van der Waals surface area (Å²) >= 11 is 0. The van der Waals surface area contributed by atoms with Crippen LogP contribution in [0.25, 0.3) is 0 Å². The lowest BCUT2D eigenvalue weighted by atomic mass is 10.0. The summed E-state index contributed by atoms with van der Waals surface area (Å²) in [6, 6.07) is 2.58. The van der Waals surface area contributed by atoms with Crippen molar-refractivity contribution in [2.45, 2.75) is 90.4 Å². The Kier molecular flexibility index (Phi) is 10.8. The molecule has 0 aliphatic carbocycles. The van der Waals surface area contributed by atoms with E-state index in [1.165, 1.54) is 69.9 Å². The van der Waals surface area contributed by atoms with Crippen LogP contribution < -0.4 is 0 Å². The zero-order valence-electron chi connectivity index (χ0n) is 15.6. The molecule has 0 saturated carbocycles. The van der Waals surface area contributed by atoms with Crippen LogP contribution in [0, 0.1) is 0 Å². The Morgan fingerprint density at radius 2 is 1.20 bits per heavy atom. The first-order valence-electron chi connectivity index (χ1n) is 9.85. The summed E-state index contributed by atoms with van der Waals surface area (Å²) in [7, 11) is 0. The largest absolute Gasteiger partial charge is 0.504 e. The van der Waals surface area contributed by atoms with Gasteiger partial charge in [-0.25, -0.2) is 0 Å². The van der Waals surface area contributed by atoms with Crippen LogP contribution in [0.5, 0.6) is 17.2 Å². The Morgan fingerprint density at radius 3 is 1.72 bits per heavy atom. The molecule has 4 nitrogen and oxygen atoms in total. The highest BCUT2D eigenvalue weighted by molar-refractivity contribution is 5.99. The standard InChI is InChI=1S/C21H34O4/c1-2-3-4-5-6-7-8-9-10-11-12-13-14-18(22)17-15-16-19(23)21(25)20(17)24/h15-16,23-25H,2-14H2,1H3. The van der Waals surface area contributed by atoms with Crippen LogP contribution >= 0.6 is 0 Å². The van der Waals surface area contributed by atoms with Crippen molar-refractivity contribution in [3.8, 4) is 17.2 Å². The van der Waals surface area contributed by atoms with E-state index in [1.807, 2.05) is 0 Å². The smallest absolute Gasteiger partial charge is 0.201 e. The van der Waals surface area contributed by atoms with Gasteiger partial charge in [-0.3, -0.25) is 4.79 Å². The molecule has 4 heteroatoms. The molecule has 0 aromatic heterocycles. The molecule has 0 fully saturated rings. The fourth-order valence-corrected chi connectivity index (χ4v) is 3.06. The van der Waals surface area contributed by atoms with Crippen LogP contribution in [0.2, 0.25) is 0 Å². The summed E-state index contributed by atoms with van der Waals surface area (Å²) in [5.41, 5.74) is 0.0818. The van der Waals surface area contributed by atoms with Gasteiger partial charge in [0.05, 0.1) is 5.56 Å². The number of aromatic hydroxyl groups is 3. The molecule has 1 aromatic rings. The quantitative estimate of drug-likeness (QED) is 0.216. The van der Waals surface area contributed by atoms with Crippen molar-refractivity contribution in [2.24, 2.45) is 0 Å². The third kappa shape index (κ3) is 8.28. The zero-order valence-corrected chi connectivity index (χ0v) is 15.6. The second-order valence-corrected chi connectivity index (χ2v) is 6.89. The highest BCUT2D eigenvalue weighted by atomic mass is 16.3. The molecule has 1 aromatic carbocycles. The maximum atomic E-state index is 12.1. The van der Waals surface area contributed by atoms with Gasteiger partial charge in [0.15, 0.2) is 17.3 Å². The lowest BCUT2D eigenvalue weighted by Crippen LogP contribution is -1.99. The summed E-state index contributed by atoms with van der Waals surface area (Å²) in [6.07, 6.45) is 15.2. The first kappa shape index (κ1) is 21.3. The van der Waals surface area contributed by atoms with Gasteiger partial charge >= 0.3 is 0 Å². The van der Waals surface area contributed by atoms with E-state index in [1.54, 1.807) is 0 Å². The van der Waals surface area contributed by atoms with Gasteiger partial charge < -0.3 is 15.3 Å². The molecule has 0 spiro atoms. The number of carbonyl (C=O) groups is 1. The monoisotopic (exact) mass is 350 g/mol. The average molecular weight is 350 g/mol. The Morgan fingerprint density at radius 1 is 0.720 bits per heavy atom. The van der Waals surface area contributed by atoms with Crippen LogP contribution in [-0.2, 0) is 0 Å². The van der Waals surface area contributed by atoms with Crippen molar-refractivity contribution in [1.82, 2.24) is 0 Å². The van der Waals surface area contributed by atoms with Gasteiger partial charge in [-0.2, -0.15) is 0 Å². The van der Waals surface area contributed by atoms with E-state index in [-0.39, 0.29) is 11.3 Å². The first-order valence-corrected chi connectivity index (χ1v) is 9.85. The minimum Gasteiger partial charge on any atom is -0.504 e. The number of phenolic OH excluding ortho intramolecular Hbond substituents is 3. The zero-order chi connectivity index (χ0) is 18.5. The molecule has 0 heterocycles. The number of rotatable bonds is 14. The van der Waals surface area contributed by atoms with Gasteiger partial charge in [-0.15, -0.1) is 0 Å². The summed E-state index contributed by atoms with van der Waals surface area (Å²) < 4.78 is 0. The Labute approximate surface area is 151 Å². The van der Waals surface area contributed by atoms with Crippen molar-refractivity contribution >= 4 is 5.78 Å². The van der Waals surface area contributed by atoms with E-state index in [2.05, 4.69) is 6.92 Å². The van der Waals surface area contributed by atoms with E-state index in [0.29, 0.717) is 6.42 Å². The topological polar surface area (TPSA) is 77.8 Å². The Hall–Kier alpha value is -1.71. The fourth-order valence-electron chi connectivity index (χ4n) is 3.06. The predicted molar refractivity (Wildman–Crippen MR) is 101 cm³/mol. The van der Waals surface area contributed by atoms with Crippen LogP contribution in [-0.4, -0.2) is 21.1 Å². The molecule has 142 valence electrons. The number of Topliss-reactive ketones (excluding diaryl/α,β-unsaturated/α-hetero) is 1. The molecule has 3 N–H and O–H groups in total. The summed E-state index contributed by atoms with van der Waals surface area (Å²) in [4.78, 5) is 12.1. The number of ketones is 1. The van der Waals surface area contributed by atoms with Crippen molar-refractivity contribution in [2.75, 3.05) is 0 Å². The molecule has 25 heavy (non-hydrogen) atoms. The minimum absolute atomic E-state index is 0.0818. The van der Waals surface area contributed by atoms with Gasteiger partial charge in [-0.1, -0.05) is 77.6 Å². The SMILES string of the molecule is CCCCCCCCCCCCCCC(=O)c1ccc(O)c(O)c1O. The number of hydrogen-bond acceptors (Lipinski definition) is 4. The molecule has 0 amide bonds. The van der Waals surface area contributed by atoms with E-state index in [9.17, 15) is 20.1 Å². The van der Waals surface area contributed by atoms with Gasteiger partial charge in [0.1, 0.15) is 0 Å². The lowest BCUT2D eigenvalue weighted by molar-refractivity contribution is 0.0975. The highest BCUT2D eigenvalue weighted by Crippen LogP contribution is 2.37. The molecular formula is C21H34O4. The number of benzene rings is 1. The molecule has 0 aliphatic rings. The van der Waals surface area contributed by atoms with Gasteiger partial charge in [0, 0.05) is 6.42 Å². The predicted octanol–water partition coefficient (Wildman–Crippen LogP) is 6.08. The molecule has 0 aliphatic heterocycles. The summed E-state index contributed by atoms with van der Waals surface area (Å²) in [5.74, 6) is -1.76. The normalized spacial score (nSPS) is 10.9. The molecular weight excluding hydrogens is 316 g/mol. The number of phenols is 3. The van der Waals surface area contributed by atoms with Gasteiger partial charge in [-0.05, 0) is 18.6 Å². The molecule has 0 bridgehead atoms. The van der Waals surface area contributed by atoms with Crippen LogP contribution in [0.15, 0.2) is 12.1 Å². The molecule has 1 rings (SSSR count). The van der Waals surface area contributed by atoms with Crippen LogP contribution in [0.4, 0.5) is 0 Å². The third-order valence-corrected chi connectivity index (χ3v) is 4.69. The van der Waals surface area contributed by atoms with Crippen LogP contribution in [0.1, 0.15) is 101 Å². The Balaban J connectivity index is 2.05. The van der Waals surface area contributed by atoms with Crippen molar-refractivity contribution < 1.29 is 20.1 Å². The Bertz CT molecular complexity index is 511. The van der Waals surface area contributed by atoms with Crippen molar-refractivity contribution in [3.63, 3.8) is 0 Å². The second-order valence-electron chi connectivity index (χ2n) is 6.89. The number of hydrogen-bond donors (Lipinski definition) is 3. The summed E-state index contributed by atoms with van der Waals surface area (Å²) in [5, 5.41) is 28.4. The maximum absolute atomic E-state index is 12.1. The summed E-state index contributed by atoms with van der Waals surface area (Å²) in [6.45, 7) is 2.24. The molecule has 0 unspecified atom stereocenters. The van der Waals surface area contributed by atoms with Crippen molar-refractivity contribution in [3.05, 3.63) is 17.7 Å². The van der Waals surface area contributed by atoms with Crippen LogP contribution in [0.3, 0.4) is 0 Å². The fraction of sp³-hybridized carbons (Fsp3) is 0.667.